The second kappa shape index (κ2) is 6.68. The SMILES string of the molecule is CC(C)c1nn(C)c2sc(C(=O)N[C@H](C(=O)O)c3ccccc3)cc12. The van der Waals surface area contributed by atoms with Crippen LogP contribution in [0, 0.1) is 0 Å². The number of nitrogens with zero attached hydrogens (tertiary/aromatic N) is 2. The molecule has 2 heterocycles. The number of amides is 1. The standard InChI is InChI=1S/C18H19N3O3S/c1-10(2)14-12-9-13(25-17(12)21(3)20-14)16(22)19-15(18(23)24)11-7-5-4-6-8-11/h4-10,15H,1-3H3,(H,19,22)(H,23,24)/t15-/m0/s1. The summed E-state index contributed by atoms with van der Waals surface area (Å²) in [7, 11) is 1.84. The Labute approximate surface area is 149 Å². The van der Waals surface area contributed by atoms with Crippen molar-refractivity contribution in [1.29, 1.82) is 0 Å². The number of thiophene rings is 1. The molecule has 7 heteroatoms. The number of carboxylic acids is 1. The molecule has 0 bridgehead atoms. The van der Waals surface area contributed by atoms with Gasteiger partial charge in [-0.2, -0.15) is 5.10 Å². The summed E-state index contributed by atoms with van der Waals surface area (Å²) in [6, 6.07) is 9.38. The van der Waals surface area contributed by atoms with Crippen LogP contribution in [0.2, 0.25) is 0 Å². The molecule has 2 aromatic heterocycles. The van der Waals surface area contributed by atoms with Gasteiger partial charge in [-0.25, -0.2) is 4.79 Å². The van der Waals surface area contributed by atoms with Crippen molar-refractivity contribution in [2.45, 2.75) is 25.8 Å². The van der Waals surface area contributed by atoms with Gasteiger partial charge in [0.25, 0.3) is 5.91 Å². The molecule has 0 fully saturated rings. The van der Waals surface area contributed by atoms with E-state index in [4.69, 9.17) is 0 Å². The van der Waals surface area contributed by atoms with Crippen LogP contribution in [-0.4, -0.2) is 26.8 Å². The number of fused-ring (bicyclic) bond motifs is 1. The van der Waals surface area contributed by atoms with Gasteiger partial charge in [-0.15, -0.1) is 11.3 Å². The first kappa shape index (κ1) is 17.2. The third-order valence-electron chi connectivity index (χ3n) is 3.97. The first-order valence-electron chi connectivity index (χ1n) is 7.93. The van der Waals surface area contributed by atoms with Crippen molar-refractivity contribution < 1.29 is 14.7 Å². The fourth-order valence-electron chi connectivity index (χ4n) is 2.74. The van der Waals surface area contributed by atoms with E-state index < -0.39 is 17.9 Å². The average Bonchev–Trinajstić information content (AvgIpc) is 3.14. The number of carbonyl (C=O) groups excluding carboxylic acids is 1. The Balaban J connectivity index is 1.91. The first-order valence-corrected chi connectivity index (χ1v) is 8.75. The van der Waals surface area contributed by atoms with E-state index in [1.807, 2.05) is 7.05 Å². The lowest BCUT2D eigenvalue weighted by Crippen LogP contribution is -2.33. The lowest BCUT2D eigenvalue weighted by atomic mass is 10.1. The van der Waals surface area contributed by atoms with Crippen LogP contribution >= 0.6 is 11.3 Å². The maximum atomic E-state index is 12.6. The summed E-state index contributed by atoms with van der Waals surface area (Å²) < 4.78 is 1.76. The van der Waals surface area contributed by atoms with E-state index >= 15 is 0 Å². The lowest BCUT2D eigenvalue weighted by Gasteiger charge is -2.14. The number of hydrogen-bond acceptors (Lipinski definition) is 4. The fraction of sp³-hybridized carbons (Fsp3) is 0.278. The van der Waals surface area contributed by atoms with E-state index in [1.54, 1.807) is 41.1 Å². The van der Waals surface area contributed by atoms with E-state index in [1.165, 1.54) is 11.3 Å². The quantitative estimate of drug-likeness (QED) is 0.734. The van der Waals surface area contributed by atoms with Crippen LogP contribution < -0.4 is 5.32 Å². The van der Waals surface area contributed by atoms with E-state index in [0.29, 0.717) is 10.4 Å². The Kier molecular flexibility index (Phi) is 4.59. The largest absolute Gasteiger partial charge is 0.479 e. The van der Waals surface area contributed by atoms with Crippen LogP contribution in [0.4, 0.5) is 0 Å². The molecule has 0 radical (unpaired) electrons. The molecule has 0 aliphatic carbocycles. The van der Waals surface area contributed by atoms with E-state index in [0.717, 1.165) is 15.9 Å². The second-order valence-corrected chi connectivity index (χ2v) is 7.18. The van der Waals surface area contributed by atoms with Gasteiger partial charge in [-0.3, -0.25) is 9.48 Å². The molecular formula is C18H19N3O3S. The van der Waals surface area contributed by atoms with Gasteiger partial charge in [-0.1, -0.05) is 44.2 Å². The van der Waals surface area contributed by atoms with Crippen molar-refractivity contribution in [1.82, 2.24) is 15.1 Å². The van der Waals surface area contributed by atoms with Crippen LogP contribution in [0.15, 0.2) is 36.4 Å². The molecule has 3 aromatic rings. The van der Waals surface area contributed by atoms with Crippen molar-refractivity contribution in [3.8, 4) is 0 Å². The number of aryl methyl sites for hydroxylation is 1. The Bertz CT molecular complexity index is 928. The van der Waals surface area contributed by atoms with Crippen LogP contribution in [0.25, 0.3) is 10.2 Å². The molecule has 3 rings (SSSR count). The monoisotopic (exact) mass is 357 g/mol. The second-order valence-electron chi connectivity index (χ2n) is 6.15. The normalized spacial score (nSPS) is 12.5. The number of carbonyl (C=O) groups is 2. The van der Waals surface area contributed by atoms with Crippen LogP contribution in [0.5, 0.6) is 0 Å². The van der Waals surface area contributed by atoms with E-state index in [-0.39, 0.29) is 5.92 Å². The first-order chi connectivity index (χ1) is 11.9. The summed E-state index contributed by atoms with van der Waals surface area (Å²) in [5.41, 5.74) is 1.47. The van der Waals surface area contributed by atoms with Crippen molar-refractivity contribution in [3.63, 3.8) is 0 Å². The summed E-state index contributed by atoms with van der Waals surface area (Å²) in [5.74, 6) is -1.25. The zero-order chi connectivity index (χ0) is 18.1. The number of carboxylic acid groups (broad SMARTS) is 1. The third kappa shape index (κ3) is 3.28. The summed E-state index contributed by atoms with van der Waals surface area (Å²) in [6.07, 6.45) is 0. The van der Waals surface area contributed by atoms with Gasteiger partial charge in [0.05, 0.1) is 10.6 Å². The number of benzene rings is 1. The van der Waals surface area contributed by atoms with Crippen LogP contribution in [0.3, 0.4) is 0 Å². The molecule has 25 heavy (non-hydrogen) atoms. The minimum atomic E-state index is -1.09. The molecule has 0 aliphatic heterocycles. The molecule has 0 unspecified atom stereocenters. The van der Waals surface area contributed by atoms with Crippen molar-refractivity contribution in [3.05, 3.63) is 52.5 Å². The highest BCUT2D eigenvalue weighted by Gasteiger charge is 2.24. The maximum absolute atomic E-state index is 12.6. The molecule has 0 saturated carbocycles. The summed E-state index contributed by atoms with van der Waals surface area (Å²) in [4.78, 5) is 25.5. The summed E-state index contributed by atoms with van der Waals surface area (Å²) >= 11 is 1.31. The summed E-state index contributed by atoms with van der Waals surface area (Å²) in [5, 5.41) is 17.5. The van der Waals surface area contributed by atoms with Crippen LogP contribution in [-0.2, 0) is 11.8 Å². The number of nitrogens with one attached hydrogen (secondary N) is 1. The minimum Gasteiger partial charge on any atom is -0.479 e. The Morgan fingerprint density at radius 3 is 2.52 bits per heavy atom. The minimum absolute atomic E-state index is 0.241. The van der Waals surface area contributed by atoms with Crippen molar-refractivity contribution >= 4 is 33.4 Å². The highest BCUT2D eigenvalue weighted by molar-refractivity contribution is 7.20. The number of aliphatic carboxylic acids is 1. The van der Waals surface area contributed by atoms with Crippen molar-refractivity contribution in [2.75, 3.05) is 0 Å². The Morgan fingerprint density at radius 1 is 1.24 bits per heavy atom. The molecule has 0 spiro atoms. The summed E-state index contributed by atoms with van der Waals surface area (Å²) in [6.45, 7) is 4.10. The van der Waals surface area contributed by atoms with E-state index in [9.17, 15) is 14.7 Å². The van der Waals surface area contributed by atoms with Gasteiger partial charge in [0.2, 0.25) is 0 Å². The Hall–Kier alpha value is -2.67. The van der Waals surface area contributed by atoms with Gasteiger partial charge >= 0.3 is 5.97 Å². The maximum Gasteiger partial charge on any atom is 0.330 e. The molecule has 1 aromatic carbocycles. The van der Waals surface area contributed by atoms with E-state index in [2.05, 4.69) is 24.3 Å². The Morgan fingerprint density at radius 2 is 1.92 bits per heavy atom. The molecule has 6 nitrogen and oxygen atoms in total. The molecule has 130 valence electrons. The third-order valence-corrected chi connectivity index (χ3v) is 5.17. The predicted octanol–water partition coefficient (Wildman–Crippen LogP) is 3.31. The number of rotatable bonds is 5. The molecule has 0 saturated heterocycles. The zero-order valence-corrected chi connectivity index (χ0v) is 15.0. The fourth-order valence-corrected chi connectivity index (χ4v) is 3.72. The van der Waals surface area contributed by atoms with Gasteiger partial charge in [0, 0.05) is 12.4 Å². The highest BCUT2D eigenvalue weighted by Crippen LogP contribution is 2.31. The van der Waals surface area contributed by atoms with Crippen molar-refractivity contribution in [2.24, 2.45) is 7.05 Å². The smallest absolute Gasteiger partial charge is 0.330 e. The average molecular weight is 357 g/mol. The molecule has 0 aliphatic rings. The molecule has 2 N–H and O–H groups in total. The van der Waals surface area contributed by atoms with Crippen LogP contribution in [0.1, 0.15) is 46.7 Å². The highest BCUT2D eigenvalue weighted by atomic mass is 32.1. The van der Waals surface area contributed by atoms with Gasteiger partial charge in [0.15, 0.2) is 6.04 Å². The van der Waals surface area contributed by atoms with Gasteiger partial charge in [0.1, 0.15) is 4.83 Å². The topological polar surface area (TPSA) is 84.2 Å². The van der Waals surface area contributed by atoms with Gasteiger partial charge in [-0.05, 0) is 17.5 Å². The zero-order valence-electron chi connectivity index (χ0n) is 14.2. The number of aromatic nitrogens is 2. The predicted molar refractivity (Wildman–Crippen MR) is 97.0 cm³/mol. The molecule has 1 amide bonds. The van der Waals surface area contributed by atoms with Gasteiger partial charge < -0.3 is 10.4 Å². The number of hydrogen-bond donors (Lipinski definition) is 2. The lowest BCUT2D eigenvalue weighted by molar-refractivity contribution is -0.139. The molecule has 1 atom stereocenters. The molecular weight excluding hydrogens is 338 g/mol.